The number of anilines is 1. The number of hydrogen-bond donors (Lipinski definition) is 2. The van der Waals surface area contributed by atoms with Crippen LogP contribution in [0.1, 0.15) is 29.6 Å². The lowest BCUT2D eigenvalue weighted by Crippen LogP contribution is -2.47. The molecule has 4 rings (SSSR count). The van der Waals surface area contributed by atoms with Crippen molar-refractivity contribution in [3.63, 3.8) is 0 Å². The van der Waals surface area contributed by atoms with E-state index in [0.717, 1.165) is 37.0 Å². The first-order chi connectivity index (χ1) is 14.1. The number of H-pyrrole nitrogens is 1. The Kier molecular flexibility index (Phi) is 5.20. The molecule has 1 amide bonds. The average Bonchev–Trinajstić information content (AvgIpc) is 3.06. The van der Waals surface area contributed by atoms with E-state index in [0.29, 0.717) is 23.5 Å². The fourth-order valence-corrected chi connectivity index (χ4v) is 3.88. The number of methoxy groups -OCH3 is 1. The molecule has 1 fully saturated rings. The summed E-state index contributed by atoms with van der Waals surface area (Å²) in [6.45, 7) is 1.35. The first-order valence-electron chi connectivity index (χ1n) is 9.68. The molecule has 29 heavy (non-hydrogen) atoms. The number of aryl methyl sites for hydroxylation is 1. The number of nitrogens with zero attached hydrogens (tertiary/aromatic N) is 4. The molecular formula is C20H24N6O3. The third-order valence-corrected chi connectivity index (χ3v) is 5.32. The van der Waals surface area contributed by atoms with E-state index in [1.54, 1.807) is 37.0 Å². The highest BCUT2D eigenvalue weighted by Gasteiger charge is 2.24. The fraction of sp³-hybridized carbons (Fsp3) is 0.400. The van der Waals surface area contributed by atoms with Gasteiger partial charge in [0.1, 0.15) is 5.82 Å². The van der Waals surface area contributed by atoms with Gasteiger partial charge < -0.3 is 15.0 Å². The van der Waals surface area contributed by atoms with Crippen molar-refractivity contribution in [2.75, 3.05) is 25.1 Å². The zero-order valence-electron chi connectivity index (χ0n) is 16.5. The minimum Gasteiger partial charge on any atom is -0.481 e. The van der Waals surface area contributed by atoms with E-state index < -0.39 is 0 Å². The Morgan fingerprint density at radius 3 is 2.93 bits per heavy atom. The standard InChI is InChI=1S/C20H24N6O3/c1-25-20(29-2)15-7-6-13(11-16(15)24-25)19(28)21-12-14-5-3-4-10-26(14)17-8-9-18(27)23-22-17/h6-9,11,14H,3-5,10,12H2,1-2H3,(H,21,28)(H,23,27). The molecule has 0 aliphatic carbocycles. The molecular weight excluding hydrogens is 372 g/mol. The third-order valence-electron chi connectivity index (χ3n) is 5.32. The summed E-state index contributed by atoms with van der Waals surface area (Å²) in [7, 11) is 3.41. The van der Waals surface area contributed by atoms with Crippen molar-refractivity contribution in [1.82, 2.24) is 25.3 Å². The van der Waals surface area contributed by atoms with Crippen LogP contribution in [0.3, 0.4) is 0 Å². The van der Waals surface area contributed by atoms with Gasteiger partial charge in [-0.3, -0.25) is 9.59 Å². The summed E-state index contributed by atoms with van der Waals surface area (Å²) in [5.41, 5.74) is 1.05. The Bertz CT molecular complexity index is 1070. The van der Waals surface area contributed by atoms with E-state index >= 15 is 0 Å². The summed E-state index contributed by atoms with van der Waals surface area (Å²) in [5, 5.41) is 14.9. The van der Waals surface area contributed by atoms with Crippen LogP contribution < -0.4 is 20.5 Å². The number of aromatic amines is 1. The van der Waals surface area contributed by atoms with Gasteiger partial charge in [0.25, 0.3) is 11.5 Å². The van der Waals surface area contributed by atoms with Gasteiger partial charge in [0.05, 0.1) is 18.0 Å². The van der Waals surface area contributed by atoms with Crippen LogP contribution in [0.2, 0.25) is 0 Å². The van der Waals surface area contributed by atoms with Crippen LogP contribution in [0.15, 0.2) is 35.1 Å². The number of rotatable bonds is 5. The van der Waals surface area contributed by atoms with Crippen molar-refractivity contribution in [2.45, 2.75) is 25.3 Å². The summed E-state index contributed by atoms with van der Waals surface area (Å²) in [6, 6.07) is 8.74. The lowest BCUT2D eigenvalue weighted by molar-refractivity contribution is 0.0949. The van der Waals surface area contributed by atoms with Crippen LogP contribution in [0.4, 0.5) is 5.82 Å². The normalized spacial score (nSPS) is 16.8. The molecule has 0 spiro atoms. The Morgan fingerprint density at radius 1 is 1.31 bits per heavy atom. The molecule has 0 saturated carbocycles. The Morgan fingerprint density at radius 2 is 2.17 bits per heavy atom. The van der Waals surface area contributed by atoms with Crippen LogP contribution in [-0.2, 0) is 7.05 Å². The fourth-order valence-electron chi connectivity index (χ4n) is 3.88. The number of carbonyl (C=O) groups is 1. The first kappa shape index (κ1) is 19.0. The molecule has 0 radical (unpaired) electrons. The van der Waals surface area contributed by atoms with E-state index in [4.69, 9.17) is 4.74 Å². The van der Waals surface area contributed by atoms with Crippen LogP contribution in [0, 0.1) is 0 Å². The van der Waals surface area contributed by atoms with Gasteiger partial charge >= 0.3 is 0 Å². The number of amides is 1. The van der Waals surface area contributed by atoms with Gasteiger partial charge in [0.2, 0.25) is 5.88 Å². The minimum atomic E-state index is -0.225. The van der Waals surface area contributed by atoms with Gasteiger partial charge in [-0.15, -0.1) is 0 Å². The van der Waals surface area contributed by atoms with Crippen molar-refractivity contribution in [2.24, 2.45) is 7.05 Å². The summed E-state index contributed by atoms with van der Waals surface area (Å²) < 4.78 is 7.01. The maximum atomic E-state index is 12.7. The second-order valence-corrected chi connectivity index (χ2v) is 7.20. The Hall–Kier alpha value is -3.36. The van der Waals surface area contributed by atoms with Crippen molar-refractivity contribution in [3.05, 3.63) is 46.2 Å². The number of ether oxygens (including phenoxy) is 1. The monoisotopic (exact) mass is 396 g/mol. The maximum absolute atomic E-state index is 12.7. The van der Waals surface area contributed by atoms with Crippen molar-refractivity contribution in [1.29, 1.82) is 0 Å². The average molecular weight is 396 g/mol. The molecule has 0 bridgehead atoms. The predicted molar refractivity (Wildman–Crippen MR) is 109 cm³/mol. The lowest BCUT2D eigenvalue weighted by atomic mass is 10.0. The predicted octanol–water partition coefficient (Wildman–Crippen LogP) is 1.45. The van der Waals surface area contributed by atoms with E-state index in [9.17, 15) is 9.59 Å². The summed E-state index contributed by atoms with van der Waals surface area (Å²) in [5.74, 6) is 1.25. The number of piperidine rings is 1. The second kappa shape index (κ2) is 7.94. The van der Waals surface area contributed by atoms with Crippen molar-refractivity contribution < 1.29 is 9.53 Å². The molecule has 9 heteroatoms. The van der Waals surface area contributed by atoms with Gasteiger partial charge in [-0.1, -0.05) is 0 Å². The maximum Gasteiger partial charge on any atom is 0.264 e. The molecule has 1 unspecified atom stereocenters. The molecule has 152 valence electrons. The van der Waals surface area contributed by atoms with Crippen LogP contribution in [0.25, 0.3) is 10.9 Å². The number of fused-ring (bicyclic) bond motifs is 1. The van der Waals surface area contributed by atoms with E-state index in [1.165, 1.54) is 6.07 Å². The zero-order valence-corrected chi connectivity index (χ0v) is 16.5. The molecule has 1 aromatic carbocycles. The Labute approximate surface area is 167 Å². The van der Waals surface area contributed by atoms with Crippen molar-refractivity contribution >= 4 is 22.6 Å². The first-order valence-corrected chi connectivity index (χ1v) is 9.68. The highest BCUT2D eigenvalue weighted by atomic mass is 16.5. The quantitative estimate of drug-likeness (QED) is 0.676. The number of nitrogens with one attached hydrogen (secondary N) is 2. The summed E-state index contributed by atoms with van der Waals surface area (Å²) in [6.07, 6.45) is 3.11. The number of benzene rings is 1. The second-order valence-electron chi connectivity index (χ2n) is 7.20. The van der Waals surface area contributed by atoms with E-state index in [-0.39, 0.29) is 17.5 Å². The third kappa shape index (κ3) is 3.80. The number of aromatic nitrogens is 4. The molecule has 1 saturated heterocycles. The van der Waals surface area contributed by atoms with Gasteiger partial charge in [-0.25, -0.2) is 9.78 Å². The van der Waals surface area contributed by atoms with Crippen LogP contribution in [0.5, 0.6) is 5.88 Å². The van der Waals surface area contributed by atoms with E-state index in [1.807, 2.05) is 6.07 Å². The molecule has 9 nitrogen and oxygen atoms in total. The van der Waals surface area contributed by atoms with Gasteiger partial charge in [0, 0.05) is 37.8 Å². The Balaban J connectivity index is 1.47. The lowest BCUT2D eigenvalue weighted by Gasteiger charge is -2.36. The van der Waals surface area contributed by atoms with Crippen molar-refractivity contribution in [3.8, 4) is 5.88 Å². The van der Waals surface area contributed by atoms with E-state index in [2.05, 4.69) is 25.5 Å². The van der Waals surface area contributed by atoms with Gasteiger partial charge in [-0.05, 0) is 43.5 Å². The highest BCUT2D eigenvalue weighted by Crippen LogP contribution is 2.25. The molecule has 2 aromatic heterocycles. The summed E-state index contributed by atoms with van der Waals surface area (Å²) >= 11 is 0. The molecule has 1 aliphatic rings. The van der Waals surface area contributed by atoms with Gasteiger partial charge in [-0.2, -0.15) is 10.2 Å². The molecule has 1 atom stereocenters. The zero-order chi connectivity index (χ0) is 20.4. The SMILES string of the molecule is COc1c2ccc(C(=O)NCC3CCCCN3c3ccc(=O)[nH]n3)cc2nn1C. The molecule has 2 N–H and O–H groups in total. The van der Waals surface area contributed by atoms with Crippen LogP contribution >= 0.6 is 0 Å². The van der Waals surface area contributed by atoms with Crippen LogP contribution in [-0.4, -0.2) is 52.1 Å². The highest BCUT2D eigenvalue weighted by molar-refractivity contribution is 5.98. The molecule has 1 aliphatic heterocycles. The molecule has 3 heterocycles. The number of carbonyl (C=O) groups excluding carboxylic acids is 1. The summed E-state index contributed by atoms with van der Waals surface area (Å²) in [4.78, 5) is 26.2. The van der Waals surface area contributed by atoms with Gasteiger partial charge in [0.15, 0.2) is 0 Å². The number of hydrogen-bond acceptors (Lipinski definition) is 6. The smallest absolute Gasteiger partial charge is 0.264 e. The molecule has 3 aromatic rings. The minimum absolute atomic E-state index is 0.129. The topological polar surface area (TPSA) is 105 Å². The largest absolute Gasteiger partial charge is 0.481 e.